The van der Waals surface area contributed by atoms with Crippen LogP contribution in [-0.4, -0.2) is 31.4 Å². The van der Waals surface area contributed by atoms with Crippen molar-refractivity contribution in [2.24, 2.45) is 0 Å². The maximum absolute atomic E-state index is 11.4. The number of benzene rings is 1. The molecular formula is C15H21NO2. The van der Waals surface area contributed by atoms with Crippen LogP contribution in [0.15, 0.2) is 18.2 Å². The molecule has 3 nitrogen and oxygen atoms in total. The lowest BCUT2D eigenvalue weighted by Crippen LogP contribution is -2.22. The highest BCUT2D eigenvalue weighted by Crippen LogP contribution is 2.30. The van der Waals surface area contributed by atoms with Gasteiger partial charge in [0.05, 0.1) is 6.61 Å². The number of carbonyl (C=O) groups is 1. The van der Waals surface area contributed by atoms with Crippen LogP contribution in [0.25, 0.3) is 0 Å². The van der Waals surface area contributed by atoms with Gasteiger partial charge < -0.3 is 9.64 Å². The highest BCUT2D eigenvalue weighted by molar-refractivity contribution is 5.76. The third-order valence-corrected chi connectivity index (χ3v) is 3.42. The number of carbonyl (C=O) groups excluding carboxylic acids is 1. The van der Waals surface area contributed by atoms with Crippen LogP contribution in [0.2, 0.25) is 0 Å². The van der Waals surface area contributed by atoms with Crippen LogP contribution in [0.1, 0.15) is 36.9 Å². The van der Waals surface area contributed by atoms with E-state index in [0.29, 0.717) is 6.42 Å². The van der Waals surface area contributed by atoms with Gasteiger partial charge in [0, 0.05) is 12.5 Å². The fourth-order valence-corrected chi connectivity index (χ4v) is 2.46. The molecule has 0 aliphatic carbocycles. The Kier molecular flexibility index (Phi) is 4.02. The molecule has 0 radical (unpaired) electrons. The van der Waals surface area contributed by atoms with Crippen LogP contribution >= 0.6 is 0 Å². The van der Waals surface area contributed by atoms with Crippen molar-refractivity contribution in [3.63, 3.8) is 0 Å². The second kappa shape index (κ2) is 5.53. The second-order valence-electron chi connectivity index (χ2n) is 5.20. The molecule has 0 amide bonds. The predicted octanol–water partition coefficient (Wildman–Crippen LogP) is 2.59. The molecular weight excluding hydrogens is 226 g/mol. The minimum Gasteiger partial charge on any atom is -0.493 e. The normalized spacial score (nSPS) is 16.0. The van der Waals surface area contributed by atoms with Crippen LogP contribution in [-0.2, 0) is 11.2 Å². The van der Waals surface area contributed by atoms with Gasteiger partial charge in [0.25, 0.3) is 0 Å². The summed E-state index contributed by atoms with van der Waals surface area (Å²) in [4.78, 5) is 13.5. The van der Waals surface area contributed by atoms with Gasteiger partial charge in [-0.05, 0) is 51.1 Å². The van der Waals surface area contributed by atoms with Gasteiger partial charge in [0.1, 0.15) is 11.5 Å². The molecule has 0 N–H and O–H groups in total. The lowest BCUT2D eigenvalue weighted by Gasteiger charge is -2.26. The number of hydrogen-bond donors (Lipinski definition) is 0. The molecule has 3 heteroatoms. The standard InChI is InChI=1S/C15H21NO2/c1-11(17)9-14(16(2)3)12-6-7-15-13(10-12)5-4-8-18-15/h6-7,10,14H,4-5,8-9H2,1-3H3. The van der Waals surface area contributed by atoms with Crippen molar-refractivity contribution in [2.45, 2.75) is 32.2 Å². The summed E-state index contributed by atoms with van der Waals surface area (Å²) >= 11 is 0. The minimum absolute atomic E-state index is 0.162. The SMILES string of the molecule is CC(=O)CC(c1ccc2c(c1)CCCO2)N(C)C. The van der Waals surface area contributed by atoms with Crippen molar-refractivity contribution in [1.82, 2.24) is 4.90 Å². The Morgan fingerprint density at radius 1 is 1.44 bits per heavy atom. The van der Waals surface area contributed by atoms with Crippen molar-refractivity contribution in [1.29, 1.82) is 0 Å². The van der Waals surface area contributed by atoms with E-state index < -0.39 is 0 Å². The molecule has 0 bridgehead atoms. The van der Waals surface area contributed by atoms with Gasteiger partial charge in [-0.2, -0.15) is 0 Å². The first-order valence-corrected chi connectivity index (χ1v) is 6.49. The highest BCUT2D eigenvalue weighted by Gasteiger charge is 2.19. The average Bonchev–Trinajstić information content (AvgIpc) is 2.35. The lowest BCUT2D eigenvalue weighted by molar-refractivity contribution is -0.118. The number of nitrogens with zero attached hydrogens (tertiary/aromatic N) is 1. The Labute approximate surface area is 109 Å². The summed E-state index contributed by atoms with van der Waals surface area (Å²) in [5.74, 6) is 1.23. The average molecular weight is 247 g/mol. The molecule has 98 valence electrons. The first-order valence-electron chi connectivity index (χ1n) is 6.49. The lowest BCUT2D eigenvalue weighted by atomic mass is 9.96. The molecule has 0 spiro atoms. The van der Waals surface area contributed by atoms with Gasteiger partial charge in [-0.25, -0.2) is 0 Å². The van der Waals surface area contributed by atoms with E-state index in [2.05, 4.69) is 17.0 Å². The van der Waals surface area contributed by atoms with E-state index in [-0.39, 0.29) is 11.8 Å². The summed E-state index contributed by atoms with van der Waals surface area (Å²) in [7, 11) is 4.03. The number of ether oxygens (including phenoxy) is 1. The van der Waals surface area contributed by atoms with Gasteiger partial charge in [0.15, 0.2) is 0 Å². The molecule has 1 heterocycles. The van der Waals surface area contributed by atoms with E-state index in [1.807, 2.05) is 20.2 Å². The largest absolute Gasteiger partial charge is 0.493 e. The fraction of sp³-hybridized carbons (Fsp3) is 0.533. The Bertz CT molecular complexity index is 440. The minimum atomic E-state index is 0.162. The molecule has 0 fully saturated rings. The number of hydrogen-bond acceptors (Lipinski definition) is 3. The summed E-state index contributed by atoms with van der Waals surface area (Å²) in [6, 6.07) is 6.48. The predicted molar refractivity (Wildman–Crippen MR) is 72.0 cm³/mol. The smallest absolute Gasteiger partial charge is 0.131 e. The molecule has 1 atom stereocenters. The Morgan fingerprint density at radius 2 is 2.22 bits per heavy atom. The van der Waals surface area contributed by atoms with Gasteiger partial charge in [-0.15, -0.1) is 0 Å². The first-order chi connectivity index (χ1) is 8.58. The van der Waals surface area contributed by atoms with Crippen molar-refractivity contribution in [3.05, 3.63) is 29.3 Å². The van der Waals surface area contributed by atoms with Crippen LogP contribution in [0.3, 0.4) is 0 Å². The van der Waals surface area contributed by atoms with Crippen molar-refractivity contribution in [2.75, 3.05) is 20.7 Å². The summed E-state index contributed by atoms with van der Waals surface area (Å²) in [6.45, 7) is 2.47. The molecule has 1 aliphatic heterocycles. The van der Waals surface area contributed by atoms with Crippen LogP contribution in [0, 0.1) is 0 Å². The quantitative estimate of drug-likeness (QED) is 0.819. The van der Waals surface area contributed by atoms with Crippen LogP contribution < -0.4 is 4.74 Å². The second-order valence-corrected chi connectivity index (χ2v) is 5.20. The zero-order valence-corrected chi connectivity index (χ0v) is 11.4. The molecule has 1 aromatic rings. The highest BCUT2D eigenvalue weighted by atomic mass is 16.5. The Morgan fingerprint density at radius 3 is 2.89 bits per heavy atom. The Balaban J connectivity index is 2.27. The molecule has 2 rings (SSSR count). The van der Waals surface area contributed by atoms with E-state index in [4.69, 9.17) is 4.74 Å². The van der Waals surface area contributed by atoms with E-state index in [0.717, 1.165) is 25.2 Å². The van der Waals surface area contributed by atoms with Gasteiger partial charge in [-0.1, -0.05) is 12.1 Å². The monoisotopic (exact) mass is 247 g/mol. The Hall–Kier alpha value is -1.35. The van der Waals surface area contributed by atoms with Crippen LogP contribution in [0.4, 0.5) is 0 Å². The van der Waals surface area contributed by atoms with E-state index >= 15 is 0 Å². The number of ketones is 1. The summed E-state index contributed by atoms with van der Waals surface area (Å²) in [5.41, 5.74) is 2.48. The summed E-state index contributed by atoms with van der Waals surface area (Å²) < 4.78 is 5.62. The first kappa shape index (κ1) is 13.1. The molecule has 18 heavy (non-hydrogen) atoms. The van der Waals surface area contributed by atoms with Gasteiger partial charge in [0.2, 0.25) is 0 Å². The zero-order chi connectivity index (χ0) is 13.1. The maximum Gasteiger partial charge on any atom is 0.131 e. The number of aryl methyl sites for hydroxylation is 1. The summed E-state index contributed by atoms with van der Waals surface area (Å²) in [5, 5.41) is 0. The van der Waals surface area contributed by atoms with Crippen molar-refractivity contribution >= 4 is 5.78 Å². The van der Waals surface area contributed by atoms with E-state index in [1.54, 1.807) is 6.92 Å². The maximum atomic E-state index is 11.4. The van der Waals surface area contributed by atoms with E-state index in [9.17, 15) is 4.79 Å². The third-order valence-electron chi connectivity index (χ3n) is 3.42. The molecule has 1 unspecified atom stereocenters. The number of rotatable bonds is 4. The van der Waals surface area contributed by atoms with Gasteiger partial charge >= 0.3 is 0 Å². The number of Topliss-reactive ketones (excluding diaryl/α,β-unsaturated/α-hetero) is 1. The third kappa shape index (κ3) is 2.91. The van der Waals surface area contributed by atoms with Crippen LogP contribution in [0.5, 0.6) is 5.75 Å². The van der Waals surface area contributed by atoms with Crippen molar-refractivity contribution in [3.8, 4) is 5.75 Å². The van der Waals surface area contributed by atoms with E-state index in [1.165, 1.54) is 11.1 Å². The molecule has 0 aromatic heterocycles. The molecule has 1 aliphatic rings. The fourth-order valence-electron chi connectivity index (χ4n) is 2.46. The molecule has 0 saturated heterocycles. The molecule has 0 saturated carbocycles. The van der Waals surface area contributed by atoms with Crippen molar-refractivity contribution < 1.29 is 9.53 Å². The number of fused-ring (bicyclic) bond motifs is 1. The zero-order valence-electron chi connectivity index (χ0n) is 11.4. The van der Waals surface area contributed by atoms with Gasteiger partial charge in [-0.3, -0.25) is 4.79 Å². The topological polar surface area (TPSA) is 29.5 Å². The summed E-state index contributed by atoms with van der Waals surface area (Å²) in [6.07, 6.45) is 2.71. The molecule has 1 aromatic carbocycles.